The minimum absolute atomic E-state index is 0.0381. The van der Waals surface area contributed by atoms with Crippen LogP contribution in [-0.2, 0) is 16.1 Å². The van der Waals surface area contributed by atoms with Crippen molar-refractivity contribution < 1.29 is 14.3 Å². The molecule has 0 unspecified atom stereocenters. The first-order chi connectivity index (χ1) is 13.1. The number of rotatable bonds is 7. The molecule has 1 N–H and O–H groups in total. The number of ether oxygens (including phenoxy) is 1. The fourth-order valence-corrected chi connectivity index (χ4v) is 3.14. The second-order valence-corrected chi connectivity index (χ2v) is 7.03. The average Bonchev–Trinajstić information content (AvgIpc) is 3.08. The van der Waals surface area contributed by atoms with Gasteiger partial charge in [0.05, 0.1) is 12.5 Å². The van der Waals surface area contributed by atoms with Gasteiger partial charge in [0.1, 0.15) is 5.75 Å². The Labute approximate surface area is 164 Å². The molecule has 0 radical (unpaired) electrons. The molecule has 1 aliphatic heterocycles. The molecular weight excluding hydrogens is 364 g/mol. The van der Waals surface area contributed by atoms with Crippen molar-refractivity contribution in [2.45, 2.75) is 26.3 Å². The lowest BCUT2D eigenvalue weighted by Gasteiger charge is -2.17. The van der Waals surface area contributed by atoms with Crippen molar-refractivity contribution in [1.82, 2.24) is 5.32 Å². The molecule has 27 heavy (non-hydrogen) atoms. The number of hydrogen-bond donors (Lipinski definition) is 1. The largest absolute Gasteiger partial charge is 0.494 e. The molecule has 2 aromatic rings. The summed E-state index contributed by atoms with van der Waals surface area (Å²) in [5.41, 5.74) is 1.76. The van der Waals surface area contributed by atoms with E-state index in [4.69, 9.17) is 16.3 Å². The van der Waals surface area contributed by atoms with Gasteiger partial charge in [-0.1, -0.05) is 30.7 Å². The van der Waals surface area contributed by atoms with Crippen molar-refractivity contribution in [1.29, 1.82) is 0 Å². The van der Waals surface area contributed by atoms with Crippen LogP contribution >= 0.6 is 11.6 Å². The minimum atomic E-state index is -0.346. The number of amides is 2. The Hall–Kier alpha value is -2.53. The Kier molecular flexibility index (Phi) is 6.35. The van der Waals surface area contributed by atoms with E-state index in [2.05, 4.69) is 12.2 Å². The first-order valence-electron chi connectivity index (χ1n) is 9.12. The van der Waals surface area contributed by atoms with Gasteiger partial charge in [0.15, 0.2) is 0 Å². The summed E-state index contributed by atoms with van der Waals surface area (Å²) in [6.45, 7) is 3.53. The number of carbonyl (C=O) groups excluding carboxylic acids is 2. The van der Waals surface area contributed by atoms with E-state index in [1.807, 2.05) is 36.4 Å². The van der Waals surface area contributed by atoms with Crippen LogP contribution in [0.2, 0.25) is 5.02 Å². The average molecular weight is 387 g/mol. The number of nitrogens with zero attached hydrogens (tertiary/aromatic N) is 1. The highest BCUT2D eigenvalue weighted by atomic mass is 35.5. The maximum absolute atomic E-state index is 12.4. The molecule has 0 aromatic heterocycles. The summed E-state index contributed by atoms with van der Waals surface area (Å²) in [6.07, 6.45) is 1.17. The number of benzene rings is 2. The van der Waals surface area contributed by atoms with Gasteiger partial charge in [-0.2, -0.15) is 0 Å². The van der Waals surface area contributed by atoms with E-state index in [0.29, 0.717) is 24.7 Å². The summed E-state index contributed by atoms with van der Waals surface area (Å²) >= 11 is 5.86. The maximum atomic E-state index is 12.4. The molecular formula is C21H23ClN2O3. The first kappa shape index (κ1) is 19.2. The van der Waals surface area contributed by atoms with Gasteiger partial charge >= 0.3 is 0 Å². The topological polar surface area (TPSA) is 58.6 Å². The predicted octanol–water partition coefficient (Wildman–Crippen LogP) is 3.80. The van der Waals surface area contributed by atoms with Gasteiger partial charge in [0, 0.05) is 30.2 Å². The van der Waals surface area contributed by atoms with E-state index >= 15 is 0 Å². The van der Waals surface area contributed by atoms with Crippen molar-refractivity contribution in [3.8, 4) is 5.75 Å². The van der Waals surface area contributed by atoms with Crippen LogP contribution in [-0.4, -0.2) is 25.0 Å². The summed E-state index contributed by atoms with van der Waals surface area (Å²) in [7, 11) is 0. The highest BCUT2D eigenvalue weighted by Gasteiger charge is 2.34. The summed E-state index contributed by atoms with van der Waals surface area (Å²) in [5.74, 6) is 0.290. The van der Waals surface area contributed by atoms with Crippen molar-refractivity contribution in [3.63, 3.8) is 0 Å². The predicted molar refractivity (Wildman–Crippen MR) is 106 cm³/mol. The SMILES string of the molecule is CCCOc1ccc(N2C[C@H](C(=O)NCc3ccc(Cl)cc3)CC2=O)cc1. The van der Waals surface area contributed by atoms with Crippen LogP contribution < -0.4 is 15.0 Å². The van der Waals surface area contributed by atoms with E-state index in [-0.39, 0.29) is 24.2 Å². The van der Waals surface area contributed by atoms with Crippen LogP contribution in [0, 0.1) is 5.92 Å². The maximum Gasteiger partial charge on any atom is 0.227 e. The number of carbonyl (C=O) groups is 2. The normalized spacial score (nSPS) is 16.4. The number of hydrogen-bond acceptors (Lipinski definition) is 3. The highest BCUT2D eigenvalue weighted by Crippen LogP contribution is 2.27. The number of nitrogens with one attached hydrogen (secondary N) is 1. The van der Waals surface area contributed by atoms with Crippen molar-refractivity contribution >= 4 is 29.1 Å². The van der Waals surface area contributed by atoms with Gasteiger partial charge in [-0.15, -0.1) is 0 Å². The molecule has 5 nitrogen and oxygen atoms in total. The highest BCUT2D eigenvalue weighted by molar-refractivity contribution is 6.30. The summed E-state index contributed by atoms with van der Waals surface area (Å²) in [5, 5.41) is 3.56. The van der Waals surface area contributed by atoms with Gasteiger partial charge in [0.2, 0.25) is 11.8 Å². The quantitative estimate of drug-likeness (QED) is 0.787. The molecule has 2 aromatic carbocycles. The lowest BCUT2D eigenvalue weighted by Crippen LogP contribution is -2.32. The molecule has 1 atom stereocenters. The smallest absolute Gasteiger partial charge is 0.227 e. The van der Waals surface area contributed by atoms with Crippen LogP contribution in [0.3, 0.4) is 0 Å². The second-order valence-electron chi connectivity index (χ2n) is 6.59. The van der Waals surface area contributed by atoms with Crippen LogP contribution in [0.5, 0.6) is 5.75 Å². The molecule has 1 aliphatic rings. The fourth-order valence-electron chi connectivity index (χ4n) is 3.01. The lowest BCUT2D eigenvalue weighted by molar-refractivity contribution is -0.126. The van der Waals surface area contributed by atoms with E-state index < -0.39 is 0 Å². The zero-order valence-electron chi connectivity index (χ0n) is 15.3. The van der Waals surface area contributed by atoms with E-state index in [1.165, 1.54) is 0 Å². The molecule has 0 bridgehead atoms. The third-order valence-electron chi connectivity index (χ3n) is 4.50. The van der Waals surface area contributed by atoms with Crippen LogP contribution in [0.25, 0.3) is 0 Å². The number of halogens is 1. The third-order valence-corrected chi connectivity index (χ3v) is 4.75. The lowest BCUT2D eigenvalue weighted by atomic mass is 10.1. The van der Waals surface area contributed by atoms with Crippen LogP contribution in [0.1, 0.15) is 25.3 Å². The molecule has 6 heteroatoms. The summed E-state index contributed by atoms with van der Waals surface area (Å²) < 4.78 is 5.56. The Morgan fingerprint density at radius 3 is 2.56 bits per heavy atom. The van der Waals surface area contributed by atoms with E-state index in [9.17, 15) is 9.59 Å². The summed E-state index contributed by atoms with van der Waals surface area (Å²) in [6, 6.07) is 14.7. The van der Waals surface area contributed by atoms with E-state index in [1.54, 1.807) is 17.0 Å². The standard InChI is InChI=1S/C21H23ClN2O3/c1-2-11-27-19-9-7-18(8-10-19)24-14-16(12-20(24)25)21(26)23-13-15-3-5-17(22)6-4-15/h3-10,16H,2,11-14H2,1H3,(H,23,26)/t16-/m1/s1. The van der Waals surface area contributed by atoms with Gasteiger partial charge in [0.25, 0.3) is 0 Å². The molecule has 142 valence electrons. The molecule has 1 heterocycles. The molecule has 2 amide bonds. The molecule has 0 spiro atoms. The van der Waals surface area contributed by atoms with Gasteiger partial charge in [-0.25, -0.2) is 0 Å². The van der Waals surface area contributed by atoms with Crippen LogP contribution in [0.4, 0.5) is 5.69 Å². The van der Waals surface area contributed by atoms with Gasteiger partial charge in [-0.3, -0.25) is 9.59 Å². The zero-order chi connectivity index (χ0) is 19.2. The van der Waals surface area contributed by atoms with Gasteiger partial charge < -0.3 is 15.0 Å². The summed E-state index contributed by atoms with van der Waals surface area (Å²) in [4.78, 5) is 26.5. The van der Waals surface area contributed by atoms with E-state index in [0.717, 1.165) is 23.4 Å². The van der Waals surface area contributed by atoms with Crippen LogP contribution in [0.15, 0.2) is 48.5 Å². The third kappa shape index (κ3) is 5.01. The Morgan fingerprint density at radius 1 is 1.19 bits per heavy atom. The molecule has 0 saturated carbocycles. The Morgan fingerprint density at radius 2 is 1.89 bits per heavy atom. The first-order valence-corrected chi connectivity index (χ1v) is 9.50. The molecule has 3 rings (SSSR count). The second kappa shape index (κ2) is 8.91. The van der Waals surface area contributed by atoms with Crippen molar-refractivity contribution in [3.05, 3.63) is 59.1 Å². The van der Waals surface area contributed by atoms with Crippen molar-refractivity contribution in [2.24, 2.45) is 5.92 Å². The molecule has 0 aliphatic carbocycles. The molecule has 1 fully saturated rings. The fraction of sp³-hybridized carbons (Fsp3) is 0.333. The molecule has 1 saturated heterocycles. The monoisotopic (exact) mass is 386 g/mol. The minimum Gasteiger partial charge on any atom is -0.494 e. The number of anilines is 1. The zero-order valence-corrected chi connectivity index (χ0v) is 16.0. The Balaban J connectivity index is 1.56. The van der Waals surface area contributed by atoms with Crippen molar-refractivity contribution in [2.75, 3.05) is 18.1 Å². The Bertz CT molecular complexity index is 790. The van der Waals surface area contributed by atoms with Gasteiger partial charge in [-0.05, 0) is 48.4 Å².